The first kappa shape index (κ1) is 31.7. The Bertz CT molecular complexity index is 2150. The van der Waals surface area contributed by atoms with E-state index in [4.69, 9.17) is 10.5 Å². The van der Waals surface area contributed by atoms with Gasteiger partial charge >= 0.3 is 0 Å². The molecule has 12 nitrogen and oxygen atoms in total. The Morgan fingerprint density at radius 1 is 1.02 bits per heavy atom. The van der Waals surface area contributed by atoms with Crippen LogP contribution in [0, 0.1) is 6.92 Å². The number of amides is 1. The monoisotopic (exact) mass is 653 g/mol. The summed E-state index contributed by atoms with van der Waals surface area (Å²) in [5.74, 6) is -0.655. The summed E-state index contributed by atoms with van der Waals surface area (Å²) in [6.45, 7) is 6.28. The number of nitrogens with one attached hydrogen (secondary N) is 2. The molecule has 0 bridgehead atoms. The highest BCUT2D eigenvalue weighted by molar-refractivity contribution is 7.92. The maximum Gasteiger partial charge on any atom is 0.274 e. The summed E-state index contributed by atoms with van der Waals surface area (Å²) in [6.07, 6.45) is 2.48. The number of carbonyl (C=O) groups is 1. The first-order valence-electron chi connectivity index (χ1n) is 15.1. The van der Waals surface area contributed by atoms with Crippen molar-refractivity contribution in [3.63, 3.8) is 0 Å². The van der Waals surface area contributed by atoms with Gasteiger partial charge in [-0.05, 0) is 55.1 Å². The molecule has 3 heterocycles. The van der Waals surface area contributed by atoms with Gasteiger partial charge in [-0.3, -0.25) is 18.9 Å². The number of aromatic nitrogens is 3. The highest BCUT2D eigenvalue weighted by Gasteiger charge is 2.26. The third-order valence-electron chi connectivity index (χ3n) is 8.09. The minimum Gasteiger partial charge on any atom is -0.382 e. The summed E-state index contributed by atoms with van der Waals surface area (Å²) in [5.41, 5.74) is 10.0. The first-order valence-corrected chi connectivity index (χ1v) is 17.0. The lowest BCUT2D eigenvalue weighted by atomic mass is 9.99. The predicted molar refractivity (Wildman–Crippen MR) is 184 cm³/mol. The zero-order chi connectivity index (χ0) is 33.3. The minimum absolute atomic E-state index is 0.0744. The van der Waals surface area contributed by atoms with E-state index in [0.29, 0.717) is 60.0 Å². The van der Waals surface area contributed by atoms with Crippen molar-refractivity contribution in [2.45, 2.75) is 19.9 Å². The molecule has 0 aliphatic carbocycles. The van der Waals surface area contributed by atoms with Gasteiger partial charge in [0.15, 0.2) is 11.5 Å². The van der Waals surface area contributed by atoms with E-state index in [1.807, 2.05) is 62.4 Å². The number of sulfonamides is 1. The van der Waals surface area contributed by atoms with Crippen molar-refractivity contribution in [3.8, 4) is 16.9 Å². The molecular weight excluding hydrogens is 618 g/mol. The molecule has 0 spiro atoms. The third kappa shape index (κ3) is 6.53. The van der Waals surface area contributed by atoms with Gasteiger partial charge in [0.05, 0.1) is 54.2 Å². The summed E-state index contributed by atoms with van der Waals surface area (Å²) in [6, 6.07) is 21.1. The van der Waals surface area contributed by atoms with Crippen molar-refractivity contribution in [2.24, 2.45) is 0 Å². The molecule has 0 radical (unpaired) electrons. The fourth-order valence-electron chi connectivity index (χ4n) is 6.02. The van der Waals surface area contributed by atoms with Gasteiger partial charge in [-0.25, -0.2) is 18.4 Å². The number of carbonyl (C=O) groups excluding carboxylic acids is 1. The topological polar surface area (TPSA) is 162 Å². The molecule has 1 saturated heterocycles. The smallest absolute Gasteiger partial charge is 0.274 e. The molecule has 13 heteroatoms. The lowest BCUT2D eigenvalue weighted by Gasteiger charge is -2.31. The number of para-hydroxylation sites is 1. The summed E-state index contributed by atoms with van der Waals surface area (Å²) in [5, 5.41) is 4.40. The zero-order valence-electron chi connectivity index (χ0n) is 26.2. The van der Waals surface area contributed by atoms with E-state index in [9.17, 15) is 18.0 Å². The molecule has 1 atom stereocenters. The number of nitrogen functional groups attached to an aromatic ring is 1. The highest BCUT2D eigenvalue weighted by atomic mass is 32.2. The average molecular weight is 654 g/mol. The van der Waals surface area contributed by atoms with Crippen LogP contribution in [-0.4, -0.2) is 61.4 Å². The predicted octanol–water partition coefficient (Wildman–Crippen LogP) is 4.04. The Morgan fingerprint density at radius 2 is 1.74 bits per heavy atom. The van der Waals surface area contributed by atoms with Crippen molar-refractivity contribution in [2.75, 3.05) is 47.9 Å². The van der Waals surface area contributed by atoms with E-state index in [1.54, 1.807) is 28.8 Å². The summed E-state index contributed by atoms with van der Waals surface area (Å²) in [4.78, 5) is 39.1. The van der Waals surface area contributed by atoms with E-state index >= 15 is 0 Å². The van der Waals surface area contributed by atoms with Crippen molar-refractivity contribution < 1.29 is 17.9 Å². The quantitative estimate of drug-likeness (QED) is 0.225. The average Bonchev–Trinajstić information content (AvgIpc) is 3.06. The van der Waals surface area contributed by atoms with Gasteiger partial charge in [0.25, 0.3) is 11.5 Å². The van der Waals surface area contributed by atoms with Crippen LogP contribution < -0.4 is 26.2 Å². The number of morpholine rings is 1. The molecule has 0 saturated carbocycles. The maximum absolute atomic E-state index is 14.5. The van der Waals surface area contributed by atoms with Gasteiger partial charge in [-0.2, -0.15) is 0 Å². The summed E-state index contributed by atoms with van der Waals surface area (Å²) >= 11 is 0. The lowest BCUT2D eigenvalue weighted by Crippen LogP contribution is -2.38. The van der Waals surface area contributed by atoms with E-state index in [1.165, 1.54) is 6.20 Å². The lowest BCUT2D eigenvalue weighted by molar-refractivity contribution is 0.0934. The van der Waals surface area contributed by atoms with Gasteiger partial charge < -0.3 is 20.7 Å². The Morgan fingerprint density at radius 3 is 2.47 bits per heavy atom. The molecule has 1 amide bonds. The number of nitrogens with two attached hydrogens (primary N) is 1. The van der Waals surface area contributed by atoms with Crippen molar-refractivity contribution in [3.05, 3.63) is 106 Å². The first-order chi connectivity index (χ1) is 22.5. The molecule has 1 aliphatic heterocycles. The second kappa shape index (κ2) is 12.9. The fourth-order valence-corrected chi connectivity index (χ4v) is 6.57. The molecule has 6 rings (SSSR count). The minimum atomic E-state index is -3.50. The van der Waals surface area contributed by atoms with Gasteiger partial charge in [0.2, 0.25) is 10.0 Å². The Kier molecular flexibility index (Phi) is 8.67. The van der Waals surface area contributed by atoms with Crippen LogP contribution in [0.3, 0.4) is 0 Å². The van der Waals surface area contributed by atoms with Crippen molar-refractivity contribution >= 4 is 43.9 Å². The molecule has 4 N–H and O–H groups in total. The molecule has 47 heavy (non-hydrogen) atoms. The molecule has 5 aromatic rings. The second-order valence-electron chi connectivity index (χ2n) is 11.4. The van der Waals surface area contributed by atoms with Crippen LogP contribution in [0.15, 0.2) is 83.8 Å². The molecule has 1 fully saturated rings. The number of hydrogen-bond acceptors (Lipinski definition) is 9. The van der Waals surface area contributed by atoms with E-state index in [-0.39, 0.29) is 17.1 Å². The number of hydrogen-bond donors (Lipinski definition) is 3. The summed E-state index contributed by atoms with van der Waals surface area (Å²) < 4.78 is 33.1. The second-order valence-corrected chi connectivity index (χ2v) is 13.2. The Balaban J connectivity index is 1.41. The molecule has 242 valence electrons. The van der Waals surface area contributed by atoms with Gasteiger partial charge in [0.1, 0.15) is 0 Å². The highest BCUT2D eigenvalue weighted by Crippen LogP contribution is 2.32. The molecule has 1 aliphatic rings. The number of benzene rings is 3. The van der Waals surface area contributed by atoms with Crippen LogP contribution in [0.4, 0.5) is 17.2 Å². The largest absolute Gasteiger partial charge is 0.382 e. The van der Waals surface area contributed by atoms with E-state index < -0.39 is 22.0 Å². The van der Waals surface area contributed by atoms with Crippen molar-refractivity contribution in [1.82, 2.24) is 19.9 Å². The number of pyridine rings is 1. The van der Waals surface area contributed by atoms with Crippen LogP contribution in [0.1, 0.15) is 34.7 Å². The Labute approximate surface area is 272 Å². The molecule has 0 unspecified atom stereocenters. The number of aryl methyl sites for hydroxylation is 1. The van der Waals surface area contributed by atoms with E-state index in [2.05, 4.69) is 24.9 Å². The molecule has 3 aromatic carbocycles. The molecule has 2 aromatic heterocycles. The van der Waals surface area contributed by atoms with Crippen LogP contribution >= 0.6 is 0 Å². The maximum atomic E-state index is 14.5. The zero-order valence-corrected chi connectivity index (χ0v) is 27.0. The van der Waals surface area contributed by atoms with Crippen LogP contribution in [0.25, 0.3) is 27.7 Å². The van der Waals surface area contributed by atoms with E-state index in [0.717, 1.165) is 22.9 Å². The Hall–Kier alpha value is -5.27. The van der Waals surface area contributed by atoms with Gasteiger partial charge in [-0.1, -0.05) is 42.5 Å². The molecular formula is C34H35N7O5S. The van der Waals surface area contributed by atoms with Crippen molar-refractivity contribution in [1.29, 1.82) is 0 Å². The van der Waals surface area contributed by atoms with Gasteiger partial charge in [-0.15, -0.1) is 0 Å². The fraction of sp³-hybridized carbons (Fsp3) is 0.235. The normalized spacial score (nSPS) is 14.1. The van der Waals surface area contributed by atoms with Crippen LogP contribution in [0.5, 0.6) is 0 Å². The number of fused-ring (bicyclic) bond motifs is 1. The standard InChI is InChI=1S/C34H35N7O5S/c1-21-26-13-8-14-28(40-15-17-46-18-16-40)29(26)34(43)41(25-11-5-4-6-12-25)31(21)22(2)37-33(42)30-32(35)36-20-27(38-30)23-9-7-10-24(19-23)39-47(3,44)45/h4-14,19-20,22,39H,15-18H2,1-3H3,(H2,35,36)(H,37,42)/t22-/m0/s1. The third-order valence-corrected chi connectivity index (χ3v) is 8.70. The SMILES string of the molecule is Cc1c([C@H](C)NC(=O)c2nc(-c3cccc(NS(C)(=O)=O)c3)cnc2N)n(-c2ccccc2)c(=O)c2c(N3CCOCC3)cccc12. The number of anilines is 3. The van der Waals surface area contributed by atoms with Crippen LogP contribution in [-0.2, 0) is 14.8 Å². The number of nitrogens with zero attached hydrogens (tertiary/aromatic N) is 4. The summed E-state index contributed by atoms with van der Waals surface area (Å²) in [7, 11) is -3.50. The van der Waals surface area contributed by atoms with Gasteiger partial charge in [0, 0.05) is 30.0 Å². The number of rotatable bonds is 8. The number of ether oxygens (including phenoxy) is 1. The van der Waals surface area contributed by atoms with Crippen LogP contribution in [0.2, 0.25) is 0 Å².